The number of rotatable bonds is 3. The lowest BCUT2D eigenvalue weighted by Gasteiger charge is -2.08. The van der Waals surface area contributed by atoms with E-state index < -0.39 is 12.0 Å². The Morgan fingerprint density at radius 1 is 0.846 bits per heavy atom. The van der Waals surface area contributed by atoms with Gasteiger partial charge in [0, 0.05) is 11.8 Å². The van der Waals surface area contributed by atoms with E-state index >= 15 is 0 Å². The van der Waals surface area contributed by atoms with Gasteiger partial charge in [0.25, 0.3) is 0 Å². The van der Waals surface area contributed by atoms with Gasteiger partial charge >= 0.3 is 6.18 Å². The lowest BCUT2D eigenvalue weighted by molar-refractivity contribution is -0.145. The molecule has 0 unspecified atom stereocenters. The number of halogens is 3. The minimum absolute atomic E-state index is 0.0325. The van der Waals surface area contributed by atoms with Crippen LogP contribution in [0.3, 0.4) is 0 Å². The van der Waals surface area contributed by atoms with Crippen LogP contribution in [-0.4, -0.2) is 19.6 Å². The Labute approximate surface area is 145 Å². The average molecular weight is 356 g/mol. The van der Waals surface area contributed by atoms with Crippen molar-refractivity contribution in [2.75, 3.05) is 0 Å². The molecular formula is C18H11F3N4O. The SMILES string of the molecule is FC(F)(F)c1nnc2cnc(-c3ccc(Oc4ccccc4)cc3)cn12. The Morgan fingerprint density at radius 2 is 1.54 bits per heavy atom. The van der Waals surface area contributed by atoms with Crippen molar-refractivity contribution < 1.29 is 17.9 Å². The number of fused-ring (bicyclic) bond motifs is 1. The third-order valence-electron chi connectivity index (χ3n) is 3.68. The molecule has 0 aliphatic heterocycles. The molecule has 0 aliphatic carbocycles. The summed E-state index contributed by atoms with van der Waals surface area (Å²) in [4.78, 5) is 4.15. The Balaban J connectivity index is 1.65. The average Bonchev–Trinajstić information content (AvgIpc) is 3.07. The maximum atomic E-state index is 13.0. The summed E-state index contributed by atoms with van der Waals surface area (Å²) in [5.41, 5.74) is 1.05. The Bertz CT molecular complexity index is 1040. The molecule has 2 aromatic heterocycles. The third-order valence-corrected chi connectivity index (χ3v) is 3.68. The second-order valence-electron chi connectivity index (χ2n) is 5.46. The van der Waals surface area contributed by atoms with Crippen LogP contribution in [0.25, 0.3) is 16.9 Å². The summed E-state index contributed by atoms with van der Waals surface area (Å²) >= 11 is 0. The molecule has 130 valence electrons. The molecule has 0 fully saturated rings. The smallest absolute Gasteiger partial charge is 0.452 e. The van der Waals surface area contributed by atoms with Crippen LogP contribution in [0.1, 0.15) is 5.82 Å². The van der Waals surface area contributed by atoms with Gasteiger partial charge in [-0.25, -0.2) is 0 Å². The summed E-state index contributed by atoms with van der Waals surface area (Å²) in [6.07, 6.45) is -2.07. The zero-order chi connectivity index (χ0) is 18.1. The topological polar surface area (TPSA) is 52.3 Å². The molecule has 0 N–H and O–H groups in total. The molecule has 26 heavy (non-hydrogen) atoms. The van der Waals surface area contributed by atoms with Crippen molar-refractivity contribution in [2.45, 2.75) is 6.18 Å². The van der Waals surface area contributed by atoms with E-state index in [0.717, 1.165) is 4.40 Å². The summed E-state index contributed by atoms with van der Waals surface area (Å²) in [6.45, 7) is 0. The number of hydrogen-bond donors (Lipinski definition) is 0. The highest BCUT2D eigenvalue weighted by Gasteiger charge is 2.37. The van der Waals surface area contributed by atoms with Crippen LogP contribution >= 0.6 is 0 Å². The lowest BCUT2D eigenvalue weighted by Crippen LogP contribution is -2.11. The Hall–Kier alpha value is -3.42. The highest BCUT2D eigenvalue weighted by molar-refractivity contribution is 5.60. The van der Waals surface area contributed by atoms with Crippen LogP contribution in [0.15, 0.2) is 67.0 Å². The van der Waals surface area contributed by atoms with E-state index in [-0.39, 0.29) is 5.65 Å². The Kier molecular flexibility index (Phi) is 3.80. The van der Waals surface area contributed by atoms with E-state index in [1.54, 1.807) is 24.3 Å². The second-order valence-corrected chi connectivity index (χ2v) is 5.46. The van der Waals surface area contributed by atoms with Crippen LogP contribution in [0, 0.1) is 0 Å². The molecule has 0 radical (unpaired) electrons. The molecule has 2 aromatic carbocycles. The predicted octanol–water partition coefficient (Wildman–Crippen LogP) is 4.60. The van der Waals surface area contributed by atoms with Crippen molar-refractivity contribution in [1.82, 2.24) is 19.6 Å². The standard InChI is InChI=1S/C18H11F3N4O/c19-18(20,21)17-24-23-16-10-22-15(11-25(16)17)12-6-8-14(9-7-12)26-13-4-2-1-3-5-13/h1-11H. The van der Waals surface area contributed by atoms with Crippen molar-refractivity contribution >= 4 is 5.65 Å². The van der Waals surface area contributed by atoms with Gasteiger partial charge in [-0.2, -0.15) is 13.2 Å². The first kappa shape index (κ1) is 16.1. The lowest BCUT2D eigenvalue weighted by atomic mass is 10.1. The molecule has 0 spiro atoms. The molecule has 8 heteroatoms. The molecular weight excluding hydrogens is 345 g/mol. The fourth-order valence-electron chi connectivity index (χ4n) is 2.46. The minimum atomic E-state index is -4.59. The van der Waals surface area contributed by atoms with E-state index in [2.05, 4.69) is 15.2 Å². The number of para-hydroxylation sites is 1. The summed E-state index contributed by atoms with van der Waals surface area (Å²) < 4.78 is 45.5. The van der Waals surface area contributed by atoms with Crippen LogP contribution in [0.5, 0.6) is 11.5 Å². The van der Waals surface area contributed by atoms with Gasteiger partial charge in [0.05, 0.1) is 11.9 Å². The first-order chi connectivity index (χ1) is 12.5. The van der Waals surface area contributed by atoms with Crippen LogP contribution in [-0.2, 0) is 6.18 Å². The zero-order valence-electron chi connectivity index (χ0n) is 13.2. The third kappa shape index (κ3) is 3.08. The molecule has 0 amide bonds. The van der Waals surface area contributed by atoms with E-state index in [1.165, 1.54) is 12.4 Å². The summed E-state index contributed by atoms with van der Waals surface area (Å²) in [7, 11) is 0. The highest BCUT2D eigenvalue weighted by Crippen LogP contribution is 2.29. The van der Waals surface area contributed by atoms with E-state index in [0.29, 0.717) is 22.8 Å². The molecule has 0 atom stereocenters. The summed E-state index contributed by atoms with van der Waals surface area (Å²) in [6, 6.07) is 16.2. The monoisotopic (exact) mass is 356 g/mol. The Morgan fingerprint density at radius 3 is 2.23 bits per heavy atom. The van der Waals surface area contributed by atoms with Gasteiger partial charge in [0.15, 0.2) is 5.65 Å². The summed E-state index contributed by atoms with van der Waals surface area (Å²) in [5.74, 6) is 0.223. The van der Waals surface area contributed by atoms with Crippen molar-refractivity contribution in [2.24, 2.45) is 0 Å². The molecule has 4 rings (SSSR count). The van der Waals surface area contributed by atoms with Crippen molar-refractivity contribution in [3.05, 3.63) is 72.8 Å². The van der Waals surface area contributed by atoms with E-state index in [9.17, 15) is 13.2 Å². The quantitative estimate of drug-likeness (QED) is 0.538. The zero-order valence-corrected chi connectivity index (χ0v) is 13.2. The van der Waals surface area contributed by atoms with Crippen LogP contribution in [0.4, 0.5) is 13.2 Å². The van der Waals surface area contributed by atoms with Gasteiger partial charge in [-0.15, -0.1) is 10.2 Å². The molecule has 4 aromatic rings. The minimum Gasteiger partial charge on any atom is -0.457 e. The van der Waals surface area contributed by atoms with Gasteiger partial charge in [-0.1, -0.05) is 18.2 Å². The number of alkyl halides is 3. The molecule has 0 saturated heterocycles. The second kappa shape index (κ2) is 6.14. The van der Waals surface area contributed by atoms with Crippen molar-refractivity contribution in [1.29, 1.82) is 0 Å². The van der Waals surface area contributed by atoms with Gasteiger partial charge in [0.1, 0.15) is 11.5 Å². The molecule has 2 heterocycles. The molecule has 0 bridgehead atoms. The fraction of sp³-hybridized carbons (Fsp3) is 0.0556. The molecule has 0 saturated carbocycles. The summed E-state index contributed by atoms with van der Waals surface area (Å²) in [5, 5.41) is 6.68. The highest BCUT2D eigenvalue weighted by atomic mass is 19.4. The van der Waals surface area contributed by atoms with Crippen molar-refractivity contribution in [3.8, 4) is 22.8 Å². The normalized spacial score (nSPS) is 11.7. The first-order valence-electron chi connectivity index (χ1n) is 7.62. The maximum Gasteiger partial charge on any atom is 0.452 e. The van der Waals surface area contributed by atoms with Gasteiger partial charge in [-0.05, 0) is 36.4 Å². The van der Waals surface area contributed by atoms with Gasteiger partial charge < -0.3 is 4.74 Å². The van der Waals surface area contributed by atoms with Crippen LogP contribution in [0.2, 0.25) is 0 Å². The number of nitrogens with zero attached hydrogens (tertiary/aromatic N) is 4. The number of hydrogen-bond acceptors (Lipinski definition) is 4. The van der Waals surface area contributed by atoms with E-state index in [4.69, 9.17) is 4.74 Å². The van der Waals surface area contributed by atoms with Crippen LogP contribution < -0.4 is 4.74 Å². The van der Waals surface area contributed by atoms with Gasteiger partial charge in [-0.3, -0.25) is 9.38 Å². The predicted molar refractivity (Wildman–Crippen MR) is 87.7 cm³/mol. The number of ether oxygens (including phenoxy) is 1. The number of benzene rings is 2. The fourth-order valence-corrected chi connectivity index (χ4v) is 2.46. The molecule has 5 nitrogen and oxygen atoms in total. The molecule has 0 aliphatic rings. The maximum absolute atomic E-state index is 13.0. The largest absolute Gasteiger partial charge is 0.457 e. The van der Waals surface area contributed by atoms with Gasteiger partial charge in [0.2, 0.25) is 5.82 Å². The first-order valence-corrected chi connectivity index (χ1v) is 7.62. The number of aromatic nitrogens is 4. The van der Waals surface area contributed by atoms with Crippen molar-refractivity contribution in [3.63, 3.8) is 0 Å². The van der Waals surface area contributed by atoms with E-state index in [1.807, 2.05) is 30.3 Å².